The van der Waals surface area contributed by atoms with Crippen LogP contribution in [0.5, 0.6) is 0 Å². The predicted molar refractivity (Wildman–Crippen MR) is 100 cm³/mol. The van der Waals surface area contributed by atoms with Gasteiger partial charge in [0.25, 0.3) is 0 Å². The van der Waals surface area contributed by atoms with Gasteiger partial charge in [0.1, 0.15) is 11.9 Å². The molecule has 0 aliphatic carbocycles. The lowest BCUT2D eigenvalue weighted by Gasteiger charge is -2.36. The molecule has 0 unspecified atom stereocenters. The van der Waals surface area contributed by atoms with E-state index >= 15 is 0 Å². The van der Waals surface area contributed by atoms with Crippen molar-refractivity contribution >= 4 is 23.1 Å². The number of ketones is 1. The Morgan fingerprint density at radius 2 is 1.92 bits per heavy atom. The first kappa shape index (κ1) is 18.4. The summed E-state index contributed by atoms with van der Waals surface area (Å²) >= 11 is 6.11. The van der Waals surface area contributed by atoms with Crippen LogP contribution in [0, 0.1) is 17.1 Å². The van der Waals surface area contributed by atoms with Gasteiger partial charge < -0.3 is 4.90 Å². The van der Waals surface area contributed by atoms with Gasteiger partial charge in [-0.15, -0.1) is 0 Å². The molecule has 1 fully saturated rings. The van der Waals surface area contributed by atoms with Crippen molar-refractivity contribution in [1.82, 2.24) is 4.90 Å². The number of halogens is 2. The van der Waals surface area contributed by atoms with E-state index in [4.69, 9.17) is 11.6 Å². The first-order valence-electron chi connectivity index (χ1n) is 8.44. The fraction of sp³-hybridized carbons (Fsp3) is 0.300. The summed E-state index contributed by atoms with van der Waals surface area (Å²) in [5, 5.41) is 9.80. The Balaban J connectivity index is 1.70. The molecule has 0 N–H and O–H groups in total. The van der Waals surface area contributed by atoms with Gasteiger partial charge in [0, 0.05) is 43.3 Å². The highest BCUT2D eigenvalue weighted by atomic mass is 35.5. The van der Waals surface area contributed by atoms with Gasteiger partial charge in [-0.1, -0.05) is 17.7 Å². The van der Waals surface area contributed by atoms with Crippen LogP contribution in [0.3, 0.4) is 0 Å². The lowest BCUT2D eigenvalue weighted by molar-refractivity contribution is 0.101. The van der Waals surface area contributed by atoms with E-state index in [9.17, 15) is 14.4 Å². The number of nitrogens with zero attached hydrogens (tertiary/aromatic N) is 3. The van der Waals surface area contributed by atoms with Crippen molar-refractivity contribution in [2.24, 2.45) is 0 Å². The molecule has 0 aromatic heterocycles. The number of carbonyl (C=O) groups excluding carboxylic acids is 1. The average molecular weight is 372 g/mol. The molecule has 0 saturated carbocycles. The highest BCUT2D eigenvalue weighted by Gasteiger charge is 2.21. The maximum atomic E-state index is 13.2. The van der Waals surface area contributed by atoms with Gasteiger partial charge >= 0.3 is 0 Å². The maximum Gasteiger partial charge on any atom is 0.159 e. The molecule has 0 atom stereocenters. The summed E-state index contributed by atoms with van der Waals surface area (Å²) in [7, 11) is 0. The van der Waals surface area contributed by atoms with Crippen LogP contribution in [0.15, 0.2) is 36.4 Å². The van der Waals surface area contributed by atoms with E-state index in [1.54, 1.807) is 24.3 Å². The Morgan fingerprint density at radius 3 is 2.54 bits per heavy atom. The Morgan fingerprint density at radius 1 is 1.19 bits per heavy atom. The highest BCUT2D eigenvalue weighted by molar-refractivity contribution is 6.31. The number of hydrogen-bond donors (Lipinski definition) is 0. The molecule has 6 heteroatoms. The van der Waals surface area contributed by atoms with Crippen molar-refractivity contribution in [3.05, 3.63) is 63.9 Å². The Kier molecular flexibility index (Phi) is 5.55. The fourth-order valence-corrected chi connectivity index (χ4v) is 3.37. The molecule has 134 valence electrons. The lowest BCUT2D eigenvalue weighted by Crippen LogP contribution is -2.46. The molecule has 1 heterocycles. The molecule has 1 aliphatic rings. The molecule has 4 nitrogen and oxygen atoms in total. The minimum absolute atomic E-state index is 0.0136. The van der Waals surface area contributed by atoms with Crippen molar-refractivity contribution < 1.29 is 9.18 Å². The normalized spacial score (nSPS) is 14.9. The molecule has 0 radical (unpaired) electrons. The predicted octanol–water partition coefficient (Wildman–Crippen LogP) is 3.88. The topological polar surface area (TPSA) is 47.3 Å². The summed E-state index contributed by atoms with van der Waals surface area (Å²) in [6.07, 6.45) is 0. The molecule has 26 heavy (non-hydrogen) atoms. The van der Waals surface area contributed by atoms with Crippen molar-refractivity contribution in [1.29, 1.82) is 5.26 Å². The molecule has 1 aliphatic heterocycles. The number of piperazine rings is 1. The van der Waals surface area contributed by atoms with Gasteiger partial charge in [-0.25, -0.2) is 4.39 Å². The zero-order valence-electron chi connectivity index (χ0n) is 14.5. The van der Waals surface area contributed by atoms with Crippen LogP contribution in [-0.2, 0) is 6.54 Å². The number of hydrogen-bond acceptors (Lipinski definition) is 4. The number of nitriles is 1. The Bertz CT molecular complexity index is 870. The van der Waals surface area contributed by atoms with E-state index in [0.29, 0.717) is 22.7 Å². The number of carbonyl (C=O) groups is 1. The molecular weight excluding hydrogens is 353 g/mol. The first-order chi connectivity index (χ1) is 12.5. The van der Waals surface area contributed by atoms with E-state index in [0.717, 1.165) is 37.4 Å². The molecule has 1 saturated heterocycles. The number of Topliss-reactive ketones (excluding diaryl/α,β-unsaturated/α-hetero) is 1. The largest absolute Gasteiger partial charge is 0.368 e. The highest BCUT2D eigenvalue weighted by Crippen LogP contribution is 2.25. The van der Waals surface area contributed by atoms with Crippen LogP contribution >= 0.6 is 11.6 Å². The molecule has 0 spiro atoms. The second kappa shape index (κ2) is 7.86. The van der Waals surface area contributed by atoms with Gasteiger partial charge in [0.15, 0.2) is 5.78 Å². The molecule has 3 rings (SSSR count). The number of rotatable bonds is 4. The molecular formula is C20H19ClFN3O. The molecule has 0 amide bonds. The third-order valence-electron chi connectivity index (χ3n) is 4.65. The van der Waals surface area contributed by atoms with Gasteiger partial charge in [0.05, 0.1) is 11.3 Å². The summed E-state index contributed by atoms with van der Waals surface area (Å²) in [6, 6.07) is 11.9. The van der Waals surface area contributed by atoms with Crippen LogP contribution < -0.4 is 4.90 Å². The van der Waals surface area contributed by atoms with E-state index in [2.05, 4.69) is 15.9 Å². The van der Waals surface area contributed by atoms with Crippen LogP contribution in [0.2, 0.25) is 5.02 Å². The van der Waals surface area contributed by atoms with Crippen molar-refractivity contribution in [3.63, 3.8) is 0 Å². The SMILES string of the molecule is CC(=O)c1ccc(C#N)c(N2CCN(Cc3ccc(F)cc3Cl)CC2)c1. The van der Waals surface area contributed by atoms with Crippen LogP contribution in [0.25, 0.3) is 0 Å². The quantitative estimate of drug-likeness (QED) is 0.765. The van der Waals surface area contributed by atoms with Gasteiger partial charge in [-0.3, -0.25) is 9.69 Å². The second-order valence-corrected chi connectivity index (χ2v) is 6.81. The fourth-order valence-electron chi connectivity index (χ4n) is 3.14. The summed E-state index contributed by atoms with van der Waals surface area (Å²) in [4.78, 5) is 16.0. The van der Waals surface area contributed by atoms with Gasteiger partial charge in [-0.05, 0) is 42.8 Å². The van der Waals surface area contributed by atoms with Crippen LogP contribution in [0.1, 0.15) is 28.4 Å². The van der Waals surface area contributed by atoms with E-state index in [-0.39, 0.29) is 11.6 Å². The first-order valence-corrected chi connectivity index (χ1v) is 8.82. The van der Waals surface area contributed by atoms with E-state index < -0.39 is 0 Å². The minimum Gasteiger partial charge on any atom is -0.368 e. The second-order valence-electron chi connectivity index (χ2n) is 6.40. The molecule has 2 aromatic carbocycles. The standard InChI is InChI=1S/C20H19ClFN3O/c1-14(26)15-2-3-16(12-23)20(10-15)25-8-6-24(7-9-25)13-17-4-5-18(22)11-19(17)21/h2-5,10-11H,6-9,13H2,1H3. The minimum atomic E-state index is -0.335. The van der Waals surface area contributed by atoms with E-state index in [1.165, 1.54) is 19.1 Å². The molecule has 2 aromatic rings. The Hall–Kier alpha value is -2.42. The van der Waals surface area contributed by atoms with Crippen LogP contribution in [-0.4, -0.2) is 36.9 Å². The monoisotopic (exact) mass is 371 g/mol. The van der Waals surface area contributed by atoms with Crippen molar-refractivity contribution in [2.75, 3.05) is 31.1 Å². The lowest BCUT2D eigenvalue weighted by atomic mass is 10.1. The van der Waals surface area contributed by atoms with E-state index in [1.807, 2.05) is 0 Å². The van der Waals surface area contributed by atoms with Crippen LogP contribution in [0.4, 0.5) is 10.1 Å². The number of anilines is 1. The van der Waals surface area contributed by atoms with Gasteiger partial charge in [0.2, 0.25) is 0 Å². The average Bonchev–Trinajstić information content (AvgIpc) is 2.64. The smallest absolute Gasteiger partial charge is 0.159 e. The summed E-state index contributed by atoms with van der Waals surface area (Å²) in [6.45, 7) is 5.26. The molecule has 0 bridgehead atoms. The van der Waals surface area contributed by atoms with Crippen molar-refractivity contribution in [2.45, 2.75) is 13.5 Å². The summed E-state index contributed by atoms with van der Waals surface area (Å²) in [5.74, 6) is -0.349. The zero-order valence-corrected chi connectivity index (χ0v) is 15.3. The van der Waals surface area contributed by atoms with Gasteiger partial charge in [-0.2, -0.15) is 5.26 Å². The maximum absolute atomic E-state index is 13.2. The Labute approximate surface area is 157 Å². The third-order valence-corrected chi connectivity index (χ3v) is 5.00. The zero-order chi connectivity index (χ0) is 18.7. The third kappa shape index (κ3) is 4.04. The summed E-state index contributed by atoms with van der Waals surface area (Å²) in [5.41, 5.74) is 2.89. The van der Waals surface area contributed by atoms with Crippen molar-refractivity contribution in [3.8, 4) is 6.07 Å². The summed E-state index contributed by atoms with van der Waals surface area (Å²) < 4.78 is 13.2. The number of benzene rings is 2.